The molecular weight excluding hydrogens is 512 g/mol. The van der Waals surface area contributed by atoms with Crippen LogP contribution in [-0.4, -0.2) is 35.4 Å². The van der Waals surface area contributed by atoms with Gasteiger partial charge < -0.3 is 16.1 Å². The van der Waals surface area contributed by atoms with Gasteiger partial charge in [-0.15, -0.1) is 0 Å². The van der Waals surface area contributed by atoms with Crippen LogP contribution in [0.15, 0.2) is 52.6 Å². The van der Waals surface area contributed by atoms with E-state index in [1.807, 2.05) is 0 Å². The summed E-state index contributed by atoms with van der Waals surface area (Å²) in [6, 6.07) is 7.63. The number of amidine groups is 1. The van der Waals surface area contributed by atoms with E-state index in [9.17, 15) is 31.1 Å². The van der Waals surface area contributed by atoms with Crippen LogP contribution in [0.2, 0.25) is 5.02 Å². The fourth-order valence-electron chi connectivity index (χ4n) is 3.10. The van der Waals surface area contributed by atoms with Crippen LogP contribution in [0.3, 0.4) is 0 Å². The zero-order valence-electron chi connectivity index (χ0n) is 19.5. The highest BCUT2D eigenvalue weighted by molar-refractivity contribution is 6.66. The Labute approximate surface area is 208 Å². The van der Waals surface area contributed by atoms with E-state index in [2.05, 4.69) is 15.4 Å². The molecule has 0 bridgehead atoms. The third-order valence-corrected chi connectivity index (χ3v) is 5.13. The van der Waals surface area contributed by atoms with Crippen molar-refractivity contribution in [2.75, 3.05) is 7.05 Å². The molecule has 2 aromatic carbocycles. The molecule has 1 amide bonds. The Morgan fingerprint density at radius 2 is 1.61 bits per heavy atom. The number of halogens is 7. The average Bonchev–Trinajstić information content (AvgIpc) is 2.77. The number of carbonyl (C=O) groups is 1. The minimum atomic E-state index is -5.00. The number of hydrogen-bond acceptors (Lipinski definition) is 4. The maximum Gasteiger partial charge on any atom is 0.416 e. The van der Waals surface area contributed by atoms with Gasteiger partial charge in [-0.2, -0.15) is 31.4 Å². The SMILES string of the molecule is CC(C)NC(=NCc1cc(C(F)(F)F)cc(C(F)(F)F)c1)C(=NN)C(=O)N(C)Cc1ccccc1Cl. The molecule has 2 rings (SSSR count). The van der Waals surface area contributed by atoms with Crippen LogP contribution < -0.4 is 11.2 Å². The summed E-state index contributed by atoms with van der Waals surface area (Å²) < 4.78 is 79.1. The first-order valence-corrected chi connectivity index (χ1v) is 10.9. The predicted molar refractivity (Wildman–Crippen MR) is 125 cm³/mol. The minimum absolute atomic E-state index is 0.0282. The second-order valence-electron chi connectivity index (χ2n) is 8.11. The number of carbonyl (C=O) groups excluding carboxylic acids is 1. The van der Waals surface area contributed by atoms with Crippen molar-refractivity contribution in [3.8, 4) is 0 Å². The molecular formula is C23H24ClF6N5O. The third kappa shape index (κ3) is 7.87. The monoisotopic (exact) mass is 535 g/mol. The molecule has 0 aromatic heterocycles. The van der Waals surface area contributed by atoms with Gasteiger partial charge in [-0.05, 0) is 49.2 Å². The summed E-state index contributed by atoms with van der Waals surface area (Å²) in [7, 11) is 1.45. The average molecular weight is 536 g/mol. The van der Waals surface area contributed by atoms with Gasteiger partial charge in [0.1, 0.15) is 0 Å². The molecule has 36 heavy (non-hydrogen) atoms. The first kappa shape index (κ1) is 29.0. The van der Waals surface area contributed by atoms with Crippen LogP contribution in [0.4, 0.5) is 26.3 Å². The van der Waals surface area contributed by atoms with Crippen LogP contribution in [-0.2, 0) is 30.2 Å². The number of nitrogens with zero attached hydrogens (tertiary/aromatic N) is 3. The van der Waals surface area contributed by atoms with E-state index in [1.54, 1.807) is 38.1 Å². The molecule has 0 radical (unpaired) electrons. The number of amides is 1. The van der Waals surface area contributed by atoms with Gasteiger partial charge in [0.05, 0.1) is 17.7 Å². The molecule has 0 fully saturated rings. The molecule has 0 heterocycles. The number of nitrogens with two attached hydrogens (primary N) is 1. The van der Waals surface area contributed by atoms with Crippen molar-refractivity contribution in [3.63, 3.8) is 0 Å². The summed E-state index contributed by atoms with van der Waals surface area (Å²) in [5, 5.41) is 6.73. The fourth-order valence-corrected chi connectivity index (χ4v) is 3.29. The highest BCUT2D eigenvalue weighted by atomic mass is 35.5. The Bertz CT molecular complexity index is 1110. The van der Waals surface area contributed by atoms with Crippen molar-refractivity contribution in [3.05, 3.63) is 69.7 Å². The lowest BCUT2D eigenvalue weighted by molar-refractivity contribution is -0.143. The number of nitrogens with one attached hydrogen (secondary N) is 1. The van der Waals surface area contributed by atoms with E-state index < -0.39 is 35.9 Å². The molecule has 0 spiro atoms. The number of alkyl halides is 6. The summed E-state index contributed by atoms with van der Waals surface area (Å²) in [6.45, 7) is 2.85. The highest BCUT2D eigenvalue weighted by Gasteiger charge is 2.37. The summed E-state index contributed by atoms with van der Waals surface area (Å²) >= 11 is 6.14. The smallest absolute Gasteiger partial charge is 0.366 e. The highest BCUT2D eigenvalue weighted by Crippen LogP contribution is 2.36. The van der Waals surface area contributed by atoms with Crippen molar-refractivity contribution < 1.29 is 31.1 Å². The first-order chi connectivity index (χ1) is 16.6. The van der Waals surface area contributed by atoms with Gasteiger partial charge in [0.15, 0.2) is 11.5 Å². The Balaban J connectivity index is 2.41. The van der Waals surface area contributed by atoms with Crippen molar-refractivity contribution >= 4 is 29.1 Å². The van der Waals surface area contributed by atoms with Gasteiger partial charge >= 0.3 is 12.4 Å². The van der Waals surface area contributed by atoms with Crippen LogP contribution >= 0.6 is 11.6 Å². The van der Waals surface area contributed by atoms with Crippen LogP contribution in [0.5, 0.6) is 0 Å². The number of hydrogen-bond donors (Lipinski definition) is 2. The third-order valence-electron chi connectivity index (χ3n) is 4.76. The Hall–Kier alpha value is -3.28. The van der Waals surface area contributed by atoms with Gasteiger partial charge in [0.25, 0.3) is 5.91 Å². The lowest BCUT2D eigenvalue weighted by atomic mass is 10.0. The number of benzene rings is 2. The molecule has 0 saturated heterocycles. The molecule has 0 aliphatic heterocycles. The van der Waals surface area contributed by atoms with Gasteiger partial charge in [0.2, 0.25) is 0 Å². The standard InChI is InChI=1S/C23H24ClF6N5O/c1-13(2)33-20(19(34-31)21(36)35(3)12-15-6-4-5-7-18(15)24)32-11-14-8-16(22(25,26)27)10-17(9-14)23(28,29)30/h4-10,13H,11-12,31H2,1-3H3,(H,32,33). The molecule has 2 aromatic rings. The zero-order valence-corrected chi connectivity index (χ0v) is 20.3. The molecule has 0 saturated carbocycles. The molecule has 0 aliphatic carbocycles. The molecule has 13 heteroatoms. The Kier molecular flexibility index (Phi) is 9.36. The van der Waals surface area contributed by atoms with Gasteiger partial charge in [-0.3, -0.25) is 9.79 Å². The van der Waals surface area contributed by atoms with Crippen molar-refractivity contribution in [1.82, 2.24) is 10.2 Å². The largest absolute Gasteiger partial charge is 0.416 e. The van der Waals surface area contributed by atoms with Gasteiger partial charge in [0, 0.05) is 24.7 Å². The summed E-state index contributed by atoms with van der Waals surface area (Å²) in [4.78, 5) is 18.4. The summed E-state index contributed by atoms with van der Waals surface area (Å²) in [5.41, 5.74) is -3.03. The van der Waals surface area contributed by atoms with Crippen molar-refractivity contribution in [2.24, 2.45) is 15.9 Å². The van der Waals surface area contributed by atoms with E-state index in [1.165, 1.54) is 11.9 Å². The normalized spacial score (nSPS) is 13.2. The maximum absolute atomic E-state index is 13.2. The molecule has 0 unspecified atom stereocenters. The number of rotatable bonds is 7. The van der Waals surface area contributed by atoms with E-state index in [0.29, 0.717) is 22.7 Å². The first-order valence-electron chi connectivity index (χ1n) is 10.5. The second kappa shape index (κ2) is 11.6. The molecule has 196 valence electrons. The van der Waals surface area contributed by atoms with Crippen LogP contribution in [0.25, 0.3) is 0 Å². The Morgan fingerprint density at radius 3 is 2.08 bits per heavy atom. The van der Waals surface area contributed by atoms with E-state index in [0.717, 1.165) is 0 Å². The number of aliphatic imine (C=N–C) groups is 1. The summed E-state index contributed by atoms with van der Waals surface area (Å²) in [5.74, 6) is 4.56. The second-order valence-corrected chi connectivity index (χ2v) is 8.52. The Morgan fingerprint density at radius 1 is 1.06 bits per heavy atom. The van der Waals surface area contributed by atoms with E-state index in [4.69, 9.17) is 17.4 Å². The molecule has 6 nitrogen and oxygen atoms in total. The molecule has 0 aliphatic rings. The predicted octanol–water partition coefficient (Wildman–Crippen LogP) is 5.25. The van der Waals surface area contributed by atoms with Gasteiger partial charge in [-0.1, -0.05) is 29.8 Å². The quantitative estimate of drug-likeness (QED) is 0.167. The van der Waals surface area contributed by atoms with E-state index >= 15 is 0 Å². The van der Waals surface area contributed by atoms with Crippen LogP contribution in [0, 0.1) is 0 Å². The van der Waals surface area contributed by atoms with E-state index in [-0.39, 0.29) is 35.8 Å². The minimum Gasteiger partial charge on any atom is -0.366 e. The maximum atomic E-state index is 13.2. The summed E-state index contributed by atoms with van der Waals surface area (Å²) in [6.07, 6.45) is -10.00. The zero-order chi connectivity index (χ0) is 27.3. The number of hydrazone groups is 1. The van der Waals surface area contributed by atoms with Crippen molar-refractivity contribution in [1.29, 1.82) is 0 Å². The fraction of sp³-hybridized carbons (Fsp3) is 0.348. The van der Waals surface area contributed by atoms with Gasteiger partial charge in [-0.25, -0.2) is 0 Å². The lowest BCUT2D eigenvalue weighted by Gasteiger charge is -2.21. The van der Waals surface area contributed by atoms with Crippen molar-refractivity contribution in [2.45, 2.75) is 45.3 Å². The molecule has 3 N–H and O–H groups in total. The van der Waals surface area contributed by atoms with Crippen LogP contribution in [0.1, 0.15) is 36.1 Å². The lowest BCUT2D eigenvalue weighted by Crippen LogP contribution is -2.45. The molecule has 0 atom stereocenters. The topological polar surface area (TPSA) is 83.1 Å².